The maximum absolute atomic E-state index is 13.1. The second kappa shape index (κ2) is 17.6. The Labute approximate surface area is 295 Å². The number of hydrogen-bond donors (Lipinski definition) is 2. The number of ether oxygens (including phenoxy) is 1. The minimum absolute atomic E-state index is 0.0614. The molecule has 0 fully saturated rings. The van der Waals surface area contributed by atoms with E-state index in [1.807, 2.05) is 60.7 Å². The van der Waals surface area contributed by atoms with Crippen molar-refractivity contribution in [1.82, 2.24) is 0 Å². The van der Waals surface area contributed by atoms with Crippen LogP contribution >= 0.6 is 0 Å². The fourth-order valence-electron chi connectivity index (χ4n) is 5.58. The van der Waals surface area contributed by atoms with Crippen LogP contribution in [-0.4, -0.2) is 26.4 Å². The summed E-state index contributed by atoms with van der Waals surface area (Å²) in [6, 6.07) is 28.4. The van der Waals surface area contributed by atoms with Crippen LogP contribution in [0.5, 0.6) is 0 Å². The molecule has 0 radical (unpaired) electrons. The van der Waals surface area contributed by atoms with Crippen molar-refractivity contribution in [2.75, 3.05) is 10.6 Å². The molecule has 0 spiro atoms. The molecular weight excluding hydrogens is 625 g/mol. The Kier molecular flexibility index (Phi) is 13.6. The summed E-state index contributed by atoms with van der Waals surface area (Å²) in [4.78, 5) is 26.1. The first-order valence-corrected chi connectivity index (χ1v) is 20.9. The number of fused-ring (bicyclic) bond motifs is 1. The summed E-state index contributed by atoms with van der Waals surface area (Å²) < 4.78 is 12.3. The predicted molar refractivity (Wildman–Crippen MR) is 208 cm³/mol. The molecule has 262 valence electrons. The molecule has 2 amide bonds. The Morgan fingerprint density at radius 2 is 1.51 bits per heavy atom. The molecule has 49 heavy (non-hydrogen) atoms. The van der Waals surface area contributed by atoms with Gasteiger partial charge in [-0.25, -0.2) is 4.79 Å². The SMILES string of the molecule is CCCCCCC(CC)OC(=O)Nc1cc(CCC(=O)Nc2ccc3cc(CO[Si](C)(C)C(C)(C)C)ccc3c2)ccc1-c1ccccc1. The highest BCUT2D eigenvalue weighted by Gasteiger charge is 2.37. The minimum Gasteiger partial charge on any atom is -0.446 e. The highest BCUT2D eigenvalue weighted by molar-refractivity contribution is 6.74. The van der Waals surface area contributed by atoms with Gasteiger partial charge in [0, 0.05) is 17.7 Å². The van der Waals surface area contributed by atoms with E-state index in [9.17, 15) is 9.59 Å². The highest BCUT2D eigenvalue weighted by Crippen LogP contribution is 2.37. The van der Waals surface area contributed by atoms with E-state index >= 15 is 0 Å². The van der Waals surface area contributed by atoms with Crippen molar-refractivity contribution in [3.8, 4) is 11.1 Å². The number of carbonyl (C=O) groups is 2. The Morgan fingerprint density at radius 3 is 2.22 bits per heavy atom. The van der Waals surface area contributed by atoms with E-state index in [0.29, 0.717) is 25.1 Å². The van der Waals surface area contributed by atoms with Crippen molar-refractivity contribution in [2.24, 2.45) is 0 Å². The Balaban J connectivity index is 1.38. The van der Waals surface area contributed by atoms with Gasteiger partial charge in [-0.1, -0.05) is 115 Å². The standard InChI is InChI=1S/C42H56N2O4Si/c1-8-10-11-15-18-37(9-2)48-41(46)44-39-28-31(20-25-38(39)33-16-13-12-14-17-33)21-26-40(45)43-36-24-23-34-27-32(19-22-35(34)29-36)30-47-49(6,7)42(3,4)5/h12-14,16-17,19-20,22-25,27-29,37H,8-11,15,18,21,26,30H2,1-7H3,(H,43,45)(H,44,46). The summed E-state index contributed by atoms with van der Waals surface area (Å²) in [6.07, 6.45) is 6.53. The quantitative estimate of drug-likeness (QED) is 0.0912. The molecule has 4 rings (SSSR count). The fraction of sp³-hybridized carbons (Fsp3) is 0.429. The number of aryl methyl sites for hydroxylation is 1. The monoisotopic (exact) mass is 680 g/mol. The molecule has 6 nitrogen and oxygen atoms in total. The van der Waals surface area contributed by atoms with Crippen LogP contribution < -0.4 is 10.6 Å². The molecule has 0 heterocycles. The van der Waals surface area contributed by atoms with E-state index in [0.717, 1.165) is 64.4 Å². The summed E-state index contributed by atoms with van der Waals surface area (Å²) in [5, 5.41) is 8.44. The van der Waals surface area contributed by atoms with Gasteiger partial charge in [0.25, 0.3) is 0 Å². The maximum atomic E-state index is 13.1. The van der Waals surface area contributed by atoms with E-state index in [-0.39, 0.29) is 17.0 Å². The van der Waals surface area contributed by atoms with E-state index < -0.39 is 14.4 Å². The van der Waals surface area contributed by atoms with Gasteiger partial charge in [-0.05, 0) is 95.5 Å². The van der Waals surface area contributed by atoms with Gasteiger partial charge in [0.2, 0.25) is 5.91 Å². The third kappa shape index (κ3) is 11.3. The van der Waals surface area contributed by atoms with Crippen molar-refractivity contribution in [2.45, 2.75) is 117 Å². The zero-order valence-electron chi connectivity index (χ0n) is 30.7. The minimum atomic E-state index is -1.83. The smallest absolute Gasteiger partial charge is 0.411 e. The van der Waals surface area contributed by atoms with E-state index in [1.54, 1.807) is 0 Å². The number of amides is 2. The zero-order chi connectivity index (χ0) is 35.4. The van der Waals surface area contributed by atoms with E-state index in [2.05, 4.69) is 82.6 Å². The topological polar surface area (TPSA) is 76.7 Å². The molecule has 0 aromatic heterocycles. The molecule has 2 N–H and O–H groups in total. The zero-order valence-corrected chi connectivity index (χ0v) is 31.7. The van der Waals surface area contributed by atoms with Crippen LogP contribution in [0.1, 0.15) is 90.7 Å². The first-order valence-electron chi connectivity index (χ1n) is 18.0. The first-order chi connectivity index (χ1) is 23.4. The van der Waals surface area contributed by atoms with Gasteiger partial charge in [0.05, 0.1) is 12.3 Å². The van der Waals surface area contributed by atoms with Crippen LogP contribution in [0.15, 0.2) is 84.9 Å². The van der Waals surface area contributed by atoms with Crippen molar-refractivity contribution >= 4 is 42.5 Å². The Hall–Kier alpha value is -3.94. The van der Waals surface area contributed by atoms with Crippen molar-refractivity contribution in [1.29, 1.82) is 0 Å². The second-order valence-corrected chi connectivity index (χ2v) is 19.5. The lowest BCUT2D eigenvalue weighted by Crippen LogP contribution is -2.40. The van der Waals surface area contributed by atoms with Crippen molar-refractivity contribution in [3.05, 3.63) is 96.1 Å². The van der Waals surface area contributed by atoms with Crippen LogP contribution in [0.3, 0.4) is 0 Å². The molecule has 7 heteroatoms. The van der Waals surface area contributed by atoms with E-state index in [4.69, 9.17) is 9.16 Å². The number of unbranched alkanes of at least 4 members (excludes halogenated alkanes) is 3. The first kappa shape index (κ1) is 37.9. The maximum Gasteiger partial charge on any atom is 0.411 e. The molecule has 0 saturated heterocycles. The number of anilines is 2. The molecule has 1 unspecified atom stereocenters. The van der Waals surface area contributed by atoms with Gasteiger partial charge < -0.3 is 14.5 Å². The van der Waals surface area contributed by atoms with Gasteiger partial charge >= 0.3 is 6.09 Å². The lowest BCUT2D eigenvalue weighted by Gasteiger charge is -2.36. The lowest BCUT2D eigenvalue weighted by atomic mass is 9.99. The predicted octanol–water partition coefficient (Wildman–Crippen LogP) is 11.9. The number of nitrogens with one attached hydrogen (secondary N) is 2. The summed E-state index contributed by atoms with van der Waals surface area (Å²) in [5.41, 5.74) is 5.48. The summed E-state index contributed by atoms with van der Waals surface area (Å²) in [7, 11) is -1.83. The van der Waals surface area contributed by atoms with Crippen LogP contribution in [0, 0.1) is 0 Å². The highest BCUT2D eigenvalue weighted by atomic mass is 28.4. The normalized spacial score (nSPS) is 12.5. The van der Waals surface area contributed by atoms with Gasteiger partial charge in [-0.2, -0.15) is 0 Å². The number of rotatable bonds is 16. The molecular formula is C42H56N2O4Si. The number of benzene rings is 4. The summed E-state index contributed by atoms with van der Waals surface area (Å²) in [5.74, 6) is -0.0614. The second-order valence-electron chi connectivity index (χ2n) is 14.6. The fourth-order valence-corrected chi connectivity index (χ4v) is 6.54. The Bertz CT molecular complexity index is 1680. The van der Waals surface area contributed by atoms with Gasteiger partial charge in [0.15, 0.2) is 8.32 Å². The number of carbonyl (C=O) groups excluding carboxylic acids is 2. The van der Waals surface area contributed by atoms with Gasteiger partial charge in [-0.3, -0.25) is 10.1 Å². The molecule has 1 atom stereocenters. The van der Waals surface area contributed by atoms with Crippen LogP contribution in [0.4, 0.5) is 16.2 Å². The Morgan fingerprint density at radius 1 is 0.796 bits per heavy atom. The third-order valence-corrected chi connectivity index (χ3v) is 14.2. The van der Waals surface area contributed by atoms with Crippen LogP contribution in [0.2, 0.25) is 18.1 Å². The van der Waals surface area contributed by atoms with Crippen LogP contribution in [-0.2, 0) is 27.0 Å². The molecule has 0 saturated carbocycles. The summed E-state index contributed by atoms with van der Waals surface area (Å²) >= 11 is 0. The van der Waals surface area contributed by atoms with Gasteiger partial charge in [-0.15, -0.1) is 0 Å². The average Bonchev–Trinajstić information content (AvgIpc) is 3.07. The van der Waals surface area contributed by atoms with Gasteiger partial charge in [0.1, 0.15) is 6.10 Å². The molecule has 4 aromatic rings. The molecule has 4 aromatic carbocycles. The third-order valence-electron chi connectivity index (χ3n) is 9.75. The largest absolute Gasteiger partial charge is 0.446 e. The lowest BCUT2D eigenvalue weighted by molar-refractivity contribution is -0.116. The molecule has 0 aliphatic carbocycles. The molecule has 0 aliphatic rings. The van der Waals surface area contributed by atoms with Crippen LogP contribution in [0.25, 0.3) is 21.9 Å². The molecule has 0 bridgehead atoms. The van der Waals surface area contributed by atoms with Crippen molar-refractivity contribution in [3.63, 3.8) is 0 Å². The van der Waals surface area contributed by atoms with Crippen molar-refractivity contribution < 1.29 is 18.8 Å². The number of hydrogen-bond acceptors (Lipinski definition) is 4. The van der Waals surface area contributed by atoms with E-state index in [1.165, 1.54) is 12.8 Å². The average molecular weight is 681 g/mol. The molecule has 0 aliphatic heterocycles. The summed E-state index contributed by atoms with van der Waals surface area (Å²) in [6.45, 7) is 16.2.